The van der Waals surface area contributed by atoms with E-state index in [9.17, 15) is 4.79 Å². The maximum absolute atomic E-state index is 12.1. The summed E-state index contributed by atoms with van der Waals surface area (Å²) in [6, 6.07) is 5.32. The number of hydrogen-bond donors (Lipinski definition) is 2. The molecule has 1 fully saturated rings. The zero-order valence-electron chi connectivity index (χ0n) is 9.96. The number of hydrogen-bond acceptors (Lipinski definition) is 2. The van der Waals surface area contributed by atoms with E-state index in [0.717, 1.165) is 35.8 Å². The van der Waals surface area contributed by atoms with Crippen LogP contribution >= 0.6 is 27.5 Å². The highest BCUT2D eigenvalue weighted by Gasteiger charge is 2.28. The third kappa shape index (κ3) is 3.25. The summed E-state index contributed by atoms with van der Waals surface area (Å²) in [5.74, 6) is -0.0652. The van der Waals surface area contributed by atoms with Crippen molar-refractivity contribution in [1.29, 1.82) is 0 Å². The Morgan fingerprint density at radius 3 is 2.78 bits per heavy atom. The van der Waals surface area contributed by atoms with Gasteiger partial charge in [0, 0.05) is 16.2 Å². The van der Waals surface area contributed by atoms with E-state index in [2.05, 4.69) is 21.2 Å². The monoisotopic (exact) mass is 330 g/mol. The lowest BCUT2D eigenvalue weighted by Gasteiger charge is -2.27. The molecule has 0 aliphatic heterocycles. The van der Waals surface area contributed by atoms with Crippen LogP contribution in [0, 0.1) is 5.92 Å². The number of amides is 1. The molecule has 2 atom stereocenters. The molecule has 0 bridgehead atoms. The van der Waals surface area contributed by atoms with Gasteiger partial charge in [-0.25, -0.2) is 0 Å². The highest BCUT2D eigenvalue weighted by atomic mass is 79.9. The van der Waals surface area contributed by atoms with Crippen LogP contribution < -0.4 is 11.1 Å². The van der Waals surface area contributed by atoms with Crippen molar-refractivity contribution >= 4 is 39.1 Å². The summed E-state index contributed by atoms with van der Waals surface area (Å²) in [4.78, 5) is 12.1. The maximum atomic E-state index is 12.1. The largest absolute Gasteiger partial charge is 0.327 e. The minimum atomic E-state index is -0.0757. The first-order valence-electron chi connectivity index (χ1n) is 6.09. The fraction of sp³-hybridized carbons (Fsp3) is 0.462. The summed E-state index contributed by atoms with van der Waals surface area (Å²) in [6.07, 6.45) is 4.01. The SMILES string of the molecule is NC1CCCCC1C(=O)Nc1ccc(Cl)c(Br)c1. The van der Waals surface area contributed by atoms with E-state index in [1.54, 1.807) is 18.2 Å². The quantitative estimate of drug-likeness (QED) is 0.870. The fourth-order valence-corrected chi connectivity index (χ4v) is 2.79. The Hall–Kier alpha value is -0.580. The molecule has 1 aliphatic carbocycles. The summed E-state index contributed by atoms with van der Waals surface area (Å²) in [5, 5.41) is 3.53. The smallest absolute Gasteiger partial charge is 0.229 e. The van der Waals surface area contributed by atoms with Crippen molar-refractivity contribution in [1.82, 2.24) is 0 Å². The average Bonchev–Trinajstić information content (AvgIpc) is 2.34. The summed E-state index contributed by atoms with van der Waals surface area (Å²) < 4.78 is 0.773. The average molecular weight is 332 g/mol. The summed E-state index contributed by atoms with van der Waals surface area (Å²) in [7, 11) is 0. The number of nitrogens with one attached hydrogen (secondary N) is 1. The molecule has 0 heterocycles. The third-order valence-corrected chi connectivity index (χ3v) is 4.56. The number of nitrogens with two attached hydrogens (primary N) is 1. The van der Waals surface area contributed by atoms with Crippen LogP contribution in [0.4, 0.5) is 5.69 Å². The molecule has 1 aromatic carbocycles. The van der Waals surface area contributed by atoms with Crippen molar-refractivity contribution in [3.63, 3.8) is 0 Å². The first-order valence-corrected chi connectivity index (χ1v) is 7.26. The number of rotatable bonds is 2. The molecule has 18 heavy (non-hydrogen) atoms. The van der Waals surface area contributed by atoms with Gasteiger partial charge in [0.2, 0.25) is 5.91 Å². The zero-order valence-corrected chi connectivity index (χ0v) is 12.3. The number of anilines is 1. The molecule has 98 valence electrons. The Labute approximate surface area is 120 Å². The van der Waals surface area contributed by atoms with Crippen LogP contribution in [0.5, 0.6) is 0 Å². The van der Waals surface area contributed by atoms with E-state index in [1.807, 2.05) is 0 Å². The molecule has 3 nitrogen and oxygen atoms in total. The minimum absolute atomic E-state index is 0.0106. The molecule has 3 N–H and O–H groups in total. The molecule has 0 aromatic heterocycles. The molecule has 1 amide bonds. The normalized spacial score (nSPS) is 23.7. The van der Waals surface area contributed by atoms with Crippen LogP contribution in [0.25, 0.3) is 0 Å². The lowest BCUT2D eigenvalue weighted by Crippen LogP contribution is -2.40. The van der Waals surface area contributed by atoms with E-state index < -0.39 is 0 Å². The highest BCUT2D eigenvalue weighted by Crippen LogP contribution is 2.27. The van der Waals surface area contributed by atoms with E-state index in [4.69, 9.17) is 17.3 Å². The number of benzene rings is 1. The third-order valence-electron chi connectivity index (χ3n) is 3.34. The van der Waals surface area contributed by atoms with Crippen LogP contribution in [-0.2, 0) is 4.79 Å². The van der Waals surface area contributed by atoms with E-state index in [1.165, 1.54) is 0 Å². The number of carbonyl (C=O) groups excluding carboxylic acids is 1. The molecule has 0 radical (unpaired) electrons. The van der Waals surface area contributed by atoms with Gasteiger partial charge in [0.15, 0.2) is 0 Å². The van der Waals surface area contributed by atoms with Gasteiger partial charge in [-0.2, -0.15) is 0 Å². The van der Waals surface area contributed by atoms with Gasteiger partial charge in [0.25, 0.3) is 0 Å². The second kappa shape index (κ2) is 6.04. The zero-order chi connectivity index (χ0) is 13.1. The van der Waals surface area contributed by atoms with Gasteiger partial charge < -0.3 is 11.1 Å². The van der Waals surface area contributed by atoms with Crippen molar-refractivity contribution in [3.05, 3.63) is 27.7 Å². The molecule has 1 aliphatic rings. The molecular formula is C13H16BrClN2O. The highest BCUT2D eigenvalue weighted by molar-refractivity contribution is 9.10. The maximum Gasteiger partial charge on any atom is 0.229 e. The molecule has 2 rings (SSSR count). The lowest BCUT2D eigenvalue weighted by atomic mass is 9.84. The van der Waals surface area contributed by atoms with Gasteiger partial charge >= 0.3 is 0 Å². The van der Waals surface area contributed by atoms with Gasteiger partial charge in [-0.05, 0) is 47.0 Å². The molecule has 2 unspecified atom stereocenters. The summed E-state index contributed by atoms with van der Waals surface area (Å²) in [5.41, 5.74) is 6.74. The van der Waals surface area contributed by atoms with Crippen molar-refractivity contribution < 1.29 is 4.79 Å². The van der Waals surface area contributed by atoms with E-state index >= 15 is 0 Å². The topological polar surface area (TPSA) is 55.1 Å². The van der Waals surface area contributed by atoms with Gasteiger partial charge in [-0.3, -0.25) is 4.79 Å². The van der Waals surface area contributed by atoms with Crippen molar-refractivity contribution in [2.24, 2.45) is 11.7 Å². The van der Waals surface area contributed by atoms with Crippen molar-refractivity contribution in [3.8, 4) is 0 Å². The second-order valence-electron chi connectivity index (χ2n) is 4.67. The Morgan fingerprint density at radius 2 is 2.11 bits per heavy atom. The van der Waals surface area contributed by atoms with Crippen LogP contribution in [-0.4, -0.2) is 11.9 Å². The van der Waals surface area contributed by atoms with Crippen molar-refractivity contribution in [2.75, 3.05) is 5.32 Å². The lowest BCUT2D eigenvalue weighted by molar-refractivity contribution is -0.121. The predicted molar refractivity (Wildman–Crippen MR) is 77.7 cm³/mol. The van der Waals surface area contributed by atoms with E-state index in [-0.39, 0.29) is 17.9 Å². The molecule has 5 heteroatoms. The van der Waals surface area contributed by atoms with Gasteiger partial charge in [0.05, 0.1) is 10.9 Å². The predicted octanol–water partition coefficient (Wildman–Crippen LogP) is 3.56. The fourth-order valence-electron chi connectivity index (χ4n) is 2.29. The van der Waals surface area contributed by atoms with Gasteiger partial charge in [-0.15, -0.1) is 0 Å². The van der Waals surface area contributed by atoms with Crippen LogP contribution in [0.15, 0.2) is 22.7 Å². The van der Waals surface area contributed by atoms with Crippen LogP contribution in [0.1, 0.15) is 25.7 Å². The molecule has 1 saturated carbocycles. The standard InChI is InChI=1S/C13H16BrClN2O/c14-10-7-8(5-6-11(10)15)17-13(18)9-3-1-2-4-12(9)16/h5-7,9,12H,1-4,16H2,(H,17,18). The van der Waals surface area contributed by atoms with Gasteiger partial charge in [-0.1, -0.05) is 24.4 Å². The first kappa shape index (κ1) is 13.8. The molecule has 0 saturated heterocycles. The number of halogens is 2. The summed E-state index contributed by atoms with van der Waals surface area (Å²) >= 11 is 9.25. The minimum Gasteiger partial charge on any atom is -0.327 e. The first-order chi connectivity index (χ1) is 8.58. The molecule has 0 spiro atoms. The molecular weight excluding hydrogens is 316 g/mol. The van der Waals surface area contributed by atoms with E-state index in [0.29, 0.717) is 5.02 Å². The van der Waals surface area contributed by atoms with Crippen LogP contribution in [0.3, 0.4) is 0 Å². The Bertz CT molecular complexity index is 453. The van der Waals surface area contributed by atoms with Gasteiger partial charge in [0.1, 0.15) is 0 Å². The Kier molecular flexibility index (Phi) is 4.65. The van der Waals surface area contributed by atoms with Crippen LogP contribution in [0.2, 0.25) is 5.02 Å². The molecule has 1 aromatic rings. The number of carbonyl (C=O) groups is 1. The second-order valence-corrected chi connectivity index (χ2v) is 5.93. The van der Waals surface area contributed by atoms with Crippen molar-refractivity contribution in [2.45, 2.75) is 31.7 Å². The summed E-state index contributed by atoms with van der Waals surface area (Å²) in [6.45, 7) is 0. The Morgan fingerprint density at radius 1 is 1.39 bits per heavy atom. The Balaban J connectivity index is 2.04.